The summed E-state index contributed by atoms with van der Waals surface area (Å²) < 4.78 is 15.1. The second-order valence-corrected chi connectivity index (χ2v) is 8.97. The molecule has 8 heteroatoms. The average molecular weight is 449 g/mol. The van der Waals surface area contributed by atoms with Gasteiger partial charge in [-0.25, -0.2) is 14.4 Å². The third-order valence-corrected chi connectivity index (χ3v) is 6.51. The van der Waals surface area contributed by atoms with E-state index in [9.17, 15) is 9.18 Å². The van der Waals surface area contributed by atoms with Crippen molar-refractivity contribution in [1.82, 2.24) is 14.4 Å². The lowest BCUT2D eigenvalue weighted by molar-refractivity contribution is -0.115. The zero-order chi connectivity index (χ0) is 21.4. The van der Waals surface area contributed by atoms with Crippen molar-refractivity contribution in [1.29, 1.82) is 0 Å². The molecular formula is C23H17FN4OS2. The molecule has 0 aliphatic rings. The van der Waals surface area contributed by atoms with Crippen LogP contribution in [0, 0.1) is 12.7 Å². The first-order valence-corrected chi connectivity index (χ1v) is 11.3. The zero-order valence-corrected chi connectivity index (χ0v) is 18.1. The number of anilines is 1. The molecule has 3 aromatic heterocycles. The molecule has 31 heavy (non-hydrogen) atoms. The Hall–Kier alpha value is -3.36. The maximum Gasteiger partial charge on any atom is 0.230 e. The van der Waals surface area contributed by atoms with Crippen LogP contribution in [0.3, 0.4) is 0 Å². The molecule has 154 valence electrons. The van der Waals surface area contributed by atoms with Gasteiger partial charge in [0.2, 0.25) is 5.91 Å². The number of carbonyl (C=O) groups excluding carboxylic acids is 1. The molecule has 0 bridgehead atoms. The minimum absolute atomic E-state index is 0.103. The molecule has 0 saturated heterocycles. The van der Waals surface area contributed by atoms with Gasteiger partial charge in [-0.3, -0.25) is 9.20 Å². The number of nitrogens with one attached hydrogen (secondary N) is 1. The van der Waals surface area contributed by atoms with E-state index in [0.29, 0.717) is 0 Å². The van der Waals surface area contributed by atoms with Crippen LogP contribution in [0.2, 0.25) is 0 Å². The van der Waals surface area contributed by atoms with Crippen LogP contribution in [0.5, 0.6) is 0 Å². The number of imidazole rings is 1. The number of thiazole rings is 2. The summed E-state index contributed by atoms with van der Waals surface area (Å²) in [6, 6.07) is 13.9. The summed E-state index contributed by atoms with van der Waals surface area (Å²) in [6.45, 7) is 1.98. The molecule has 0 spiro atoms. The number of carbonyl (C=O) groups is 1. The van der Waals surface area contributed by atoms with E-state index in [0.717, 1.165) is 43.9 Å². The highest BCUT2D eigenvalue weighted by Crippen LogP contribution is 2.25. The van der Waals surface area contributed by atoms with Crippen LogP contribution in [0.4, 0.5) is 10.1 Å². The van der Waals surface area contributed by atoms with Gasteiger partial charge >= 0.3 is 0 Å². The van der Waals surface area contributed by atoms with Crippen LogP contribution < -0.4 is 5.32 Å². The molecule has 0 aliphatic carbocycles. The van der Waals surface area contributed by atoms with Gasteiger partial charge in [0.05, 0.1) is 22.8 Å². The molecule has 3 heterocycles. The van der Waals surface area contributed by atoms with Crippen molar-refractivity contribution in [2.75, 3.05) is 5.32 Å². The molecule has 1 N–H and O–H groups in total. The molecule has 5 rings (SSSR count). The van der Waals surface area contributed by atoms with Gasteiger partial charge in [0.15, 0.2) is 4.96 Å². The first kappa shape index (κ1) is 19.6. The Labute approximate surface area is 185 Å². The Balaban J connectivity index is 1.29. The van der Waals surface area contributed by atoms with Crippen LogP contribution in [0.25, 0.3) is 27.5 Å². The number of fused-ring (bicyclic) bond motifs is 1. The largest absolute Gasteiger partial charge is 0.326 e. The highest BCUT2D eigenvalue weighted by Gasteiger charge is 2.13. The standard InChI is InChI=1S/C23H17FN4OS2/c1-14-25-21(13-30-14)16-4-8-18(9-5-16)26-22(29)10-19-12-31-23-27-20(11-28(19)23)15-2-6-17(24)7-3-15/h2-9,11-13H,10H2,1H3,(H,26,29). The lowest BCUT2D eigenvalue weighted by Gasteiger charge is -2.06. The number of benzene rings is 2. The summed E-state index contributed by atoms with van der Waals surface area (Å²) in [7, 11) is 0. The number of halogens is 1. The van der Waals surface area contributed by atoms with Crippen molar-refractivity contribution in [3.8, 4) is 22.5 Å². The summed E-state index contributed by atoms with van der Waals surface area (Å²) in [6.07, 6.45) is 2.11. The fourth-order valence-corrected chi connectivity index (χ4v) is 4.80. The molecule has 2 aromatic carbocycles. The summed E-state index contributed by atoms with van der Waals surface area (Å²) in [5.41, 5.74) is 5.15. The number of rotatable bonds is 5. The highest BCUT2D eigenvalue weighted by atomic mass is 32.1. The Kier molecular flexibility index (Phi) is 5.09. The summed E-state index contributed by atoms with van der Waals surface area (Å²) in [5, 5.41) is 7.93. The average Bonchev–Trinajstić information content (AvgIpc) is 3.47. The Morgan fingerprint density at radius 3 is 2.39 bits per heavy atom. The van der Waals surface area contributed by atoms with Gasteiger partial charge in [0, 0.05) is 39.5 Å². The lowest BCUT2D eigenvalue weighted by Crippen LogP contribution is -2.15. The highest BCUT2D eigenvalue weighted by molar-refractivity contribution is 7.15. The monoisotopic (exact) mass is 448 g/mol. The van der Waals surface area contributed by atoms with Crippen molar-refractivity contribution < 1.29 is 9.18 Å². The van der Waals surface area contributed by atoms with Gasteiger partial charge in [-0.1, -0.05) is 12.1 Å². The normalized spacial score (nSPS) is 11.2. The van der Waals surface area contributed by atoms with Crippen molar-refractivity contribution in [3.63, 3.8) is 0 Å². The minimum Gasteiger partial charge on any atom is -0.326 e. The predicted molar refractivity (Wildman–Crippen MR) is 123 cm³/mol. The van der Waals surface area contributed by atoms with Crippen LogP contribution in [-0.2, 0) is 11.2 Å². The smallest absolute Gasteiger partial charge is 0.230 e. The minimum atomic E-state index is -0.281. The number of hydrogen-bond donors (Lipinski definition) is 1. The van der Waals surface area contributed by atoms with Gasteiger partial charge < -0.3 is 5.32 Å². The number of hydrogen-bond acceptors (Lipinski definition) is 5. The molecule has 0 atom stereocenters. The second kappa shape index (κ2) is 8.05. The lowest BCUT2D eigenvalue weighted by atomic mass is 10.1. The van der Waals surface area contributed by atoms with E-state index in [4.69, 9.17) is 0 Å². The van der Waals surface area contributed by atoms with Crippen LogP contribution in [0.1, 0.15) is 10.7 Å². The van der Waals surface area contributed by atoms with Gasteiger partial charge in [-0.05, 0) is 43.3 Å². The molecule has 0 unspecified atom stereocenters. The molecule has 0 aliphatic heterocycles. The van der Waals surface area contributed by atoms with Gasteiger partial charge in [-0.2, -0.15) is 0 Å². The topological polar surface area (TPSA) is 59.3 Å². The molecule has 1 amide bonds. The van der Waals surface area contributed by atoms with Gasteiger partial charge in [0.1, 0.15) is 5.82 Å². The number of aromatic nitrogens is 3. The van der Waals surface area contributed by atoms with Crippen molar-refractivity contribution in [2.24, 2.45) is 0 Å². The fourth-order valence-electron chi connectivity index (χ4n) is 3.31. The fraction of sp³-hybridized carbons (Fsp3) is 0.0870. The molecule has 0 saturated carbocycles. The number of aryl methyl sites for hydroxylation is 1. The summed E-state index contributed by atoms with van der Waals surface area (Å²) in [4.78, 5) is 22.5. The van der Waals surface area contributed by atoms with E-state index in [-0.39, 0.29) is 18.1 Å². The van der Waals surface area contributed by atoms with Crippen LogP contribution in [0.15, 0.2) is 65.5 Å². The SMILES string of the molecule is Cc1nc(-c2ccc(NC(=O)Cc3csc4nc(-c5ccc(F)cc5)cn34)cc2)cs1. The molecular weight excluding hydrogens is 431 g/mol. The van der Waals surface area contributed by atoms with Crippen LogP contribution in [-0.4, -0.2) is 20.3 Å². The second-order valence-electron chi connectivity index (χ2n) is 7.07. The maximum atomic E-state index is 13.2. The Morgan fingerprint density at radius 2 is 1.68 bits per heavy atom. The molecule has 5 nitrogen and oxygen atoms in total. The molecule has 0 radical (unpaired) electrons. The van der Waals surface area contributed by atoms with E-state index in [1.165, 1.54) is 23.5 Å². The predicted octanol–water partition coefficient (Wildman–Crippen LogP) is 5.82. The summed E-state index contributed by atoms with van der Waals surface area (Å²) in [5.74, 6) is -0.383. The summed E-state index contributed by atoms with van der Waals surface area (Å²) >= 11 is 3.09. The van der Waals surface area contributed by atoms with Crippen molar-refractivity contribution in [3.05, 3.63) is 82.0 Å². The molecule has 0 fully saturated rings. The Bertz CT molecular complexity index is 1370. The maximum absolute atomic E-state index is 13.2. The van der Waals surface area contributed by atoms with E-state index in [1.54, 1.807) is 23.5 Å². The Morgan fingerprint density at radius 1 is 0.968 bits per heavy atom. The quantitative estimate of drug-likeness (QED) is 0.369. The first-order chi connectivity index (χ1) is 15.0. The van der Waals surface area contributed by atoms with Gasteiger partial charge in [-0.15, -0.1) is 22.7 Å². The number of nitrogens with zero attached hydrogens (tertiary/aromatic N) is 3. The molecule has 5 aromatic rings. The van der Waals surface area contributed by atoms with E-state index < -0.39 is 0 Å². The van der Waals surface area contributed by atoms with Crippen molar-refractivity contribution >= 4 is 39.2 Å². The van der Waals surface area contributed by atoms with E-state index in [1.807, 2.05) is 52.5 Å². The van der Waals surface area contributed by atoms with Gasteiger partial charge in [0.25, 0.3) is 0 Å². The van der Waals surface area contributed by atoms with Crippen molar-refractivity contribution in [2.45, 2.75) is 13.3 Å². The third kappa shape index (κ3) is 4.12. The number of amides is 1. The van der Waals surface area contributed by atoms with E-state index in [2.05, 4.69) is 15.3 Å². The van der Waals surface area contributed by atoms with Crippen LogP contribution >= 0.6 is 22.7 Å². The zero-order valence-electron chi connectivity index (χ0n) is 16.5. The third-order valence-electron chi connectivity index (χ3n) is 4.85. The first-order valence-electron chi connectivity index (χ1n) is 9.59. The van der Waals surface area contributed by atoms with E-state index >= 15 is 0 Å².